The van der Waals surface area contributed by atoms with Gasteiger partial charge in [-0.3, -0.25) is 9.52 Å². The van der Waals surface area contributed by atoms with Crippen molar-refractivity contribution in [2.75, 3.05) is 17.1 Å². The first-order valence-corrected chi connectivity index (χ1v) is 9.84. The number of methoxy groups -OCH3 is 1. The molecule has 0 spiro atoms. The number of ether oxygens (including phenoxy) is 1. The van der Waals surface area contributed by atoms with E-state index in [1.807, 2.05) is 12.1 Å². The molecule has 2 rings (SSSR count). The summed E-state index contributed by atoms with van der Waals surface area (Å²) in [6, 6.07) is 11.7. The van der Waals surface area contributed by atoms with E-state index in [0.29, 0.717) is 17.1 Å². The van der Waals surface area contributed by atoms with Crippen LogP contribution in [0.4, 0.5) is 11.4 Å². The predicted octanol–water partition coefficient (Wildman–Crippen LogP) is 3.97. The number of carbonyl (C=O) groups excluding carboxylic acids is 1. The Hall–Kier alpha value is -2.54. The molecule has 140 valence electrons. The third-order valence-electron chi connectivity index (χ3n) is 4.14. The Morgan fingerprint density at radius 1 is 1.15 bits per heavy atom. The molecule has 2 N–H and O–H groups in total. The second-order valence-corrected chi connectivity index (χ2v) is 7.73. The monoisotopic (exact) mass is 376 g/mol. The van der Waals surface area contributed by atoms with E-state index < -0.39 is 10.0 Å². The van der Waals surface area contributed by atoms with Gasteiger partial charge in [0.2, 0.25) is 5.91 Å². The summed E-state index contributed by atoms with van der Waals surface area (Å²) in [7, 11) is -2.36. The Balaban J connectivity index is 2.41. The van der Waals surface area contributed by atoms with Crippen LogP contribution in [-0.2, 0) is 14.8 Å². The van der Waals surface area contributed by atoms with Crippen LogP contribution in [0.5, 0.6) is 5.75 Å². The summed E-state index contributed by atoms with van der Waals surface area (Å²) in [4.78, 5) is 11.4. The molecule has 26 heavy (non-hydrogen) atoms. The minimum atomic E-state index is -3.82. The summed E-state index contributed by atoms with van der Waals surface area (Å²) < 4.78 is 33.5. The van der Waals surface area contributed by atoms with Gasteiger partial charge in [0.25, 0.3) is 10.0 Å². The highest BCUT2D eigenvalue weighted by Gasteiger charge is 2.19. The molecule has 0 radical (unpaired) electrons. The van der Waals surface area contributed by atoms with E-state index in [-0.39, 0.29) is 16.7 Å². The van der Waals surface area contributed by atoms with E-state index in [1.165, 1.54) is 32.2 Å². The van der Waals surface area contributed by atoms with Crippen LogP contribution >= 0.6 is 0 Å². The van der Waals surface area contributed by atoms with Gasteiger partial charge in [0.05, 0.1) is 23.4 Å². The van der Waals surface area contributed by atoms with Crippen LogP contribution in [0.2, 0.25) is 0 Å². The topological polar surface area (TPSA) is 84.5 Å². The summed E-state index contributed by atoms with van der Waals surface area (Å²) in [5, 5.41) is 2.58. The molecule has 0 aliphatic carbocycles. The molecule has 0 aromatic heterocycles. The molecule has 0 aliphatic rings. The number of anilines is 2. The first-order chi connectivity index (χ1) is 12.3. The molecule has 0 bridgehead atoms. The number of nitrogens with one attached hydrogen (secondary N) is 2. The number of benzene rings is 2. The van der Waals surface area contributed by atoms with Crippen LogP contribution in [0.1, 0.15) is 38.7 Å². The fourth-order valence-corrected chi connectivity index (χ4v) is 3.70. The largest absolute Gasteiger partial charge is 0.495 e. The molecule has 0 heterocycles. The lowest BCUT2D eigenvalue weighted by Crippen LogP contribution is -2.16. The van der Waals surface area contributed by atoms with Crippen molar-refractivity contribution in [1.29, 1.82) is 0 Å². The molecule has 0 aliphatic heterocycles. The van der Waals surface area contributed by atoms with Crippen molar-refractivity contribution >= 4 is 27.3 Å². The van der Waals surface area contributed by atoms with Gasteiger partial charge in [-0.2, -0.15) is 0 Å². The minimum Gasteiger partial charge on any atom is -0.495 e. The van der Waals surface area contributed by atoms with Gasteiger partial charge in [0.1, 0.15) is 5.75 Å². The van der Waals surface area contributed by atoms with Gasteiger partial charge in [-0.1, -0.05) is 32.0 Å². The second-order valence-electron chi connectivity index (χ2n) is 6.05. The van der Waals surface area contributed by atoms with E-state index in [0.717, 1.165) is 12.0 Å². The molecule has 7 heteroatoms. The third kappa shape index (κ3) is 4.54. The van der Waals surface area contributed by atoms with Gasteiger partial charge in [-0.15, -0.1) is 0 Å². The van der Waals surface area contributed by atoms with E-state index >= 15 is 0 Å². The highest BCUT2D eigenvalue weighted by atomic mass is 32.2. The molecule has 6 nitrogen and oxygen atoms in total. The first kappa shape index (κ1) is 19.8. The predicted molar refractivity (Wildman–Crippen MR) is 103 cm³/mol. The average Bonchev–Trinajstić information content (AvgIpc) is 2.60. The standard InChI is InChI=1S/C19H24N2O4S/c1-5-13(2)16-8-6-7-9-17(16)21-26(23,24)15-10-11-19(25-4)18(12-15)20-14(3)22/h6-13,21H,5H2,1-4H3,(H,20,22)/t13-/m0/s1. The number of carbonyl (C=O) groups is 1. The molecule has 1 amide bonds. The normalized spacial score (nSPS) is 12.3. The number of hydrogen-bond donors (Lipinski definition) is 2. The summed E-state index contributed by atoms with van der Waals surface area (Å²) in [5.74, 6) is 0.298. The highest BCUT2D eigenvalue weighted by molar-refractivity contribution is 7.92. The van der Waals surface area contributed by atoms with Crippen LogP contribution in [0, 0.1) is 0 Å². The van der Waals surface area contributed by atoms with Crippen molar-refractivity contribution in [3.63, 3.8) is 0 Å². The van der Waals surface area contributed by atoms with Crippen molar-refractivity contribution in [2.24, 2.45) is 0 Å². The SMILES string of the molecule is CC[C@H](C)c1ccccc1NS(=O)(=O)c1ccc(OC)c(NC(C)=O)c1. The fraction of sp³-hybridized carbons (Fsp3) is 0.316. The maximum atomic E-state index is 12.8. The first-order valence-electron chi connectivity index (χ1n) is 8.35. The smallest absolute Gasteiger partial charge is 0.261 e. The van der Waals surface area contributed by atoms with Crippen molar-refractivity contribution < 1.29 is 17.9 Å². The number of hydrogen-bond acceptors (Lipinski definition) is 4. The lowest BCUT2D eigenvalue weighted by molar-refractivity contribution is -0.114. The number of para-hydroxylation sites is 1. The Labute approximate surface area is 154 Å². The van der Waals surface area contributed by atoms with E-state index in [9.17, 15) is 13.2 Å². The Morgan fingerprint density at radius 2 is 1.85 bits per heavy atom. The molecule has 0 fully saturated rings. The zero-order valence-electron chi connectivity index (χ0n) is 15.4. The Bertz CT molecular complexity index is 894. The third-order valence-corrected chi connectivity index (χ3v) is 5.50. The minimum absolute atomic E-state index is 0.0426. The van der Waals surface area contributed by atoms with Crippen molar-refractivity contribution in [3.05, 3.63) is 48.0 Å². The molecular weight excluding hydrogens is 352 g/mol. The van der Waals surface area contributed by atoms with E-state index in [2.05, 4.69) is 23.9 Å². The zero-order chi connectivity index (χ0) is 19.3. The summed E-state index contributed by atoms with van der Waals surface area (Å²) in [5.41, 5.74) is 1.80. The maximum absolute atomic E-state index is 12.8. The van der Waals surface area contributed by atoms with Gasteiger partial charge < -0.3 is 10.1 Å². The van der Waals surface area contributed by atoms with Crippen LogP contribution in [0.25, 0.3) is 0 Å². The van der Waals surface area contributed by atoms with E-state index in [1.54, 1.807) is 12.1 Å². The average molecular weight is 376 g/mol. The quantitative estimate of drug-likeness (QED) is 0.766. The summed E-state index contributed by atoms with van der Waals surface area (Å²) >= 11 is 0. The van der Waals surface area contributed by atoms with Crippen molar-refractivity contribution in [3.8, 4) is 5.75 Å². The molecular formula is C19H24N2O4S. The van der Waals surface area contributed by atoms with E-state index in [4.69, 9.17) is 4.74 Å². The number of amides is 1. The molecule has 2 aromatic rings. The van der Waals surface area contributed by atoms with Gasteiger partial charge in [0.15, 0.2) is 0 Å². The molecule has 0 saturated heterocycles. The fourth-order valence-electron chi connectivity index (χ4n) is 2.58. The van der Waals surface area contributed by atoms with Crippen LogP contribution in [-0.4, -0.2) is 21.4 Å². The van der Waals surface area contributed by atoms with Gasteiger partial charge in [-0.25, -0.2) is 8.42 Å². The van der Waals surface area contributed by atoms with Gasteiger partial charge >= 0.3 is 0 Å². The Kier molecular flexibility index (Phi) is 6.26. The van der Waals surface area contributed by atoms with Gasteiger partial charge in [-0.05, 0) is 42.2 Å². The maximum Gasteiger partial charge on any atom is 0.261 e. The Morgan fingerprint density at radius 3 is 2.46 bits per heavy atom. The van der Waals surface area contributed by atoms with Gasteiger partial charge in [0, 0.05) is 6.92 Å². The summed E-state index contributed by atoms with van der Waals surface area (Å²) in [6.45, 7) is 5.45. The zero-order valence-corrected chi connectivity index (χ0v) is 16.2. The lowest BCUT2D eigenvalue weighted by Gasteiger charge is -2.17. The highest BCUT2D eigenvalue weighted by Crippen LogP contribution is 2.31. The molecule has 1 atom stereocenters. The molecule has 2 aromatic carbocycles. The summed E-state index contributed by atoms with van der Waals surface area (Å²) in [6.07, 6.45) is 0.897. The number of sulfonamides is 1. The van der Waals surface area contributed by atoms with Crippen LogP contribution < -0.4 is 14.8 Å². The van der Waals surface area contributed by atoms with Crippen molar-refractivity contribution in [1.82, 2.24) is 0 Å². The van der Waals surface area contributed by atoms with Crippen LogP contribution in [0.15, 0.2) is 47.4 Å². The van der Waals surface area contributed by atoms with Crippen LogP contribution in [0.3, 0.4) is 0 Å². The van der Waals surface area contributed by atoms with Crippen molar-refractivity contribution in [2.45, 2.75) is 38.0 Å². The number of rotatable bonds is 7. The molecule has 0 saturated carbocycles. The molecule has 0 unspecified atom stereocenters. The second kappa shape index (κ2) is 8.23. The lowest BCUT2D eigenvalue weighted by atomic mass is 9.97.